The van der Waals surface area contributed by atoms with E-state index < -0.39 is 0 Å². The highest BCUT2D eigenvalue weighted by atomic mass is 19.1. The number of nitrogens with one attached hydrogen (secondary N) is 1. The number of halogens is 1. The Morgan fingerprint density at radius 1 is 1.09 bits per heavy atom. The standard InChI is InChI=1S/C16H21FN4O/c17-14-6-4-13(5-7-14)16-20-19-15(22-16)12-18-8-11-21-9-2-1-3-10-21/h4-7,18H,1-3,8-12H2. The van der Waals surface area contributed by atoms with Gasteiger partial charge in [0.1, 0.15) is 5.82 Å². The van der Waals surface area contributed by atoms with Crippen molar-refractivity contribution in [3.05, 3.63) is 36.0 Å². The molecule has 0 bridgehead atoms. The number of piperidine rings is 1. The van der Waals surface area contributed by atoms with E-state index in [1.165, 1.54) is 44.5 Å². The summed E-state index contributed by atoms with van der Waals surface area (Å²) in [5, 5.41) is 11.3. The largest absolute Gasteiger partial charge is 0.419 e. The van der Waals surface area contributed by atoms with Crippen LogP contribution in [0.3, 0.4) is 0 Å². The highest BCUT2D eigenvalue weighted by Crippen LogP contribution is 2.17. The number of aromatic nitrogens is 2. The van der Waals surface area contributed by atoms with Gasteiger partial charge >= 0.3 is 0 Å². The van der Waals surface area contributed by atoms with Crippen molar-refractivity contribution < 1.29 is 8.81 Å². The maximum absolute atomic E-state index is 12.9. The van der Waals surface area contributed by atoms with Crippen LogP contribution in [0.5, 0.6) is 0 Å². The van der Waals surface area contributed by atoms with Crippen LogP contribution in [0, 0.1) is 5.82 Å². The fourth-order valence-electron chi connectivity index (χ4n) is 2.65. The Morgan fingerprint density at radius 2 is 1.86 bits per heavy atom. The Hall–Kier alpha value is -1.79. The number of hydrogen-bond donors (Lipinski definition) is 1. The smallest absolute Gasteiger partial charge is 0.247 e. The molecule has 0 radical (unpaired) electrons. The van der Waals surface area contributed by atoms with Crippen LogP contribution >= 0.6 is 0 Å². The van der Waals surface area contributed by atoms with Gasteiger partial charge in [0, 0.05) is 18.7 Å². The van der Waals surface area contributed by atoms with Crippen LogP contribution < -0.4 is 5.32 Å². The lowest BCUT2D eigenvalue weighted by atomic mass is 10.1. The van der Waals surface area contributed by atoms with Gasteiger partial charge in [-0.25, -0.2) is 4.39 Å². The van der Waals surface area contributed by atoms with Gasteiger partial charge in [-0.1, -0.05) is 6.42 Å². The molecular weight excluding hydrogens is 283 g/mol. The second-order valence-electron chi connectivity index (χ2n) is 5.59. The molecule has 0 unspecified atom stereocenters. The third kappa shape index (κ3) is 4.11. The molecule has 5 nitrogen and oxygen atoms in total. The summed E-state index contributed by atoms with van der Waals surface area (Å²) in [6.07, 6.45) is 3.98. The Balaban J connectivity index is 1.44. The van der Waals surface area contributed by atoms with E-state index >= 15 is 0 Å². The number of rotatable bonds is 6. The van der Waals surface area contributed by atoms with E-state index in [1.807, 2.05) is 0 Å². The van der Waals surface area contributed by atoms with E-state index in [0.29, 0.717) is 18.3 Å². The Bertz CT molecular complexity index is 578. The fourth-order valence-corrected chi connectivity index (χ4v) is 2.65. The molecule has 1 aromatic carbocycles. The second-order valence-corrected chi connectivity index (χ2v) is 5.59. The maximum Gasteiger partial charge on any atom is 0.247 e. The topological polar surface area (TPSA) is 54.2 Å². The minimum atomic E-state index is -0.275. The van der Waals surface area contributed by atoms with Crippen LogP contribution in [0.15, 0.2) is 28.7 Å². The van der Waals surface area contributed by atoms with Crippen LogP contribution in [0.2, 0.25) is 0 Å². The van der Waals surface area contributed by atoms with Gasteiger partial charge in [0.2, 0.25) is 11.8 Å². The second kappa shape index (κ2) is 7.47. The normalized spacial score (nSPS) is 16.0. The van der Waals surface area contributed by atoms with Crippen LogP contribution in [-0.4, -0.2) is 41.3 Å². The molecule has 0 amide bonds. The predicted molar refractivity (Wildman–Crippen MR) is 81.7 cm³/mol. The molecule has 6 heteroatoms. The van der Waals surface area contributed by atoms with Gasteiger partial charge in [-0.05, 0) is 50.2 Å². The Labute approximate surface area is 129 Å². The lowest BCUT2D eigenvalue weighted by Crippen LogP contribution is -2.35. The first-order valence-corrected chi connectivity index (χ1v) is 7.83. The van der Waals surface area contributed by atoms with Crippen LogP contribution in [0.4, 0.5) is 4.39 Å². The summed E-state index contributed by atoms with van der Waals surface area (Å²) in [6.45, 7) is 4.93. The number of likely N-dealkylation sites (tertiary alicyclic amines) is 1. The first-order valence-electron chi connectivity index (χ1n) is 7.83. The van der Waals surface area contributed by atoms with E-state index in [4.69, 9.17) is 4.42 Å². The highest BCUT2D eigenvalue weighted by molar-refractivity contribution is 5.51. The first kappa shape index (κ1) is 15.1. The molecule has 1 N–H and O–H groups in total. The third-order valence-corrected chi connectivity index (χ3v) is 3.89. The van der Waals surface area contributed by atoms with Gasteiger partial charge in [0.05, 0.1) is 6.54 Å². The Morgan fingerprint density at radius 3 is 2.64 bits per heavy atom. The van der Waals surface area contributed by atoms with Crippen molar-refractivity contribution in [2.24, 2.45) is 0 Å². The zero-order valence-electron chi connectivity index (χ0n) is 12.6. The summed E-state index contributed by atoms with van der Waals surface area (Å²) in [5.41, 5.74) is 0.730. The third-order valence-electron chi connectivity index (χ3n) is 3.89. The maximum atomic E-state index is 12.9. The summed E-state index contributed by atoms with van der Waals surface area (Å²) in [4.78, 5) is 2.48. The average Bonchev–Trinajstić information content (AvgIpc) is 3.02. The average molecular weight is 304 g/mol. The molecule has 1 aromatic heterocycles. The summed E-state index contributed by atoms with van der Waals surface area (Å²) < 4.78 is 18.5. The van der Waals surface area contributed by atoms with E-state index in [2.05, 4.69) is 20.4 Å². The molecule has 1 saturated heterocycles. The first-order chi connectivity index (χ1) is 10.8. The molecule has 0 aliphatic carbocycles. The van der Waals surface area contributed by atoms with Crippen molar-refractivity contribution >= 4 is 0 Å². The summed E-state index contributed by atoms with van der Waals surface area (Å²) in [7, 11) is 0. The van der Waals surface area contributed by atoms with E-state index in [-0.39, 0.29) is 5.82 Å². The zero-order valence-corrected chi connectivity index (χ0v) is 12.6. The molecule has 2 heterocycles. The monoisotopic (exact) mass is 304 g/mol. The van der Waals surface area contributed by atoms with Gasteiger partial charge in [-0.2, -0.15) is 0 Å². The molecular formula is C16H21FN4O. The quantitative estimate of drug-likeness (QED) is 0.831. The summed E-state index contributed by atoms with van der Waals surface area (Å²) in [6, 6.07) is 6.04. The van der Waals surface area contributed by atoms with Crippen molar-refractivity contribution in [2.75, 3.05) is 26.2 Å². The van der Waals surface area contributed by atoms with Crippen LogP contribution in [-0.2, 0) is 6.54 Å². The number of hydrogen-bond acceptors (Lipinski definition) is 5. The summed E-state index contributed by atoms with van der Waals surface area (Å²) in [5.74, 6) is 0.702. The van der Waals surface area contributed by atoms with Crippen molar-refractivity contribution in [1.82, 2.24) is 20.4 Å². The van der Waals surface area contributed by atoms with Crippen molar-refractivity contribution in [2.45, 2.75) is 25.8 Å². The molecule has 22 heavy (non-hydrogen) atoms. The molecule has 0 atom stereocenters. The molecule has 3 rings (SSSR count). The van der Waals surface area contributed by atoms with Crippen LogP contribution in [0.25, 0.3) is 11.5 Å². The van der Waals surface area contributed by atoms with Crippen molar-refractivity contribution in [3.63, 3.8) is 0 Å². The predicted octanol–water partition coefficient (Wildman–Crippen LogP) is 2.45. The lowest BCUT2D eigenvalue weighted by molar-refractivity contribution is 0.228. The molecule has 118 valence electrons. The Kier molecular flexibility index (Phi) is 5.13. The molecule has 1 aliphatic heterocycles. The van der Waals surface area contributed by atoms with Crippen molar-refractivity contribution in [1.29, 1.82) is 0 Å². The SMILES string of the molecule is Fc1ccc(-c2nnc(CNCCN3CCCCC3)o2)cc1. The number of benzene rings is 1. The zero-order chi connectivity index (χ0) is 15.2. The van der Waals surface area contributed by atoms with E-state index in [9.17, 15) is 4.39 Å². The van der Waals surface area contributed by atoms with Crippen LogP contribution in [0.1, 0.15) is 25.2 Å². The molecule has 1 fully saturated rings. The van der Waals surface area contributed by atoms with E-state index in [1.54, 1.807) is 12.1 Å². The molecule has 1 aliphatic rings. The van der Waals surface area contributed by atoms with Gasteiger partial charge in [-0.15, -0.1) is 10.2 Å². The minimum Gasteiger partial charge on any atom is -0.419 e. The molecule has 0 spiro atoms. The van der Waals surface area contributed by atoms with Gasteiger partial charge in [-0.3, -0.25) is 0 Å². The van der Waals surface area contributed by atoms with E-state index in [0.717, 1.165) is 18.7 Å². The minimum absolute atomic E-state index is 0.275. The van der Waals surface area contributed by atoms with Gasteiger partial charge < -0.3 is 14.6 Å². The number of nitrogens with zero attached hydrogens (tertiary/aromatic N) is 3. The van der Waals surface area contributed by atoms with Crippen molar-refractivity contribution in [3.8, 4) is 11.5 Å². The molecule has 0 saturated carbocycles. The van der Waals surface area contributed by atoms with Gasteiger partial charge in [0.15, 0.2) is 0 Å². The summed E-state index contributed by atoms with van der Waals surface area (Å²) >= 11 is 0. The van der Waals surface area contributed by atoms with Gasteiger partial charge in [0.25, 0.3) is 0 Å². The highest BCUT2D eigenvalue weighted by Gasteiger charge is 2.10. The molecule has 2 aromatic rings. The lowest BCUT2D eigenvalue weighted by Gasteiger charge is -2.26. The fraction of sp³-hybridized carbons (Fsp3) is 0.500.